The molecule has 0 saturated carbocycles. The summed E-state index contributed by atoms with van der Waals surface area (Å²) in [5, 5.41) is 2.80. The largest absolute Gasteiger partial charge is 0.324 e. The van der Waals surface area contributed by atoms with Gasteiger partial charge in [-0.2, -0.15) is 0 Å². The Labute approximate surface area is 145 Å². The summed E-state index contributed by atoms with van der Waals surface area (Å²) >= 11 is 0. The first-order valence-electron chi connectivity index (χ1n) is 7.64. The van der Waals surface area contributed by atoms with Gasteiger partial charge in [0, 0.05) is 5.69 Å². The van der Waals surface area contributed by atoms with Crippen molar-refractivity contribution >= 4 is 38.3 Å². The molecule has 1 aromatic heterocycles. The number of aromatic nitrogens is 2. The highest BCUT2D eigenvalue weighted by Gasteiger charge is 2.17. The van der Waals surface area contributed by atoms with Crippen LogP contribution in [0.4, 0.5) is 11.4 Å². The summed E-state index contributed by atoms with van der Waals surface area (Å²) in [4.78, 5) is 16.8. The van der Waals surface area contributed by atoms with Gasteiger partial charge >= 0.3 is 0 Å². The summed E-state index contributed by atoms with van der Waals surface area (Å²) in [6.07, 6.45) is 2.71. The monoisotopic (exact) mass is 358 g/mol. The Hall–Kier alpha value is -2.87. The van der Waals surface area contributed by atoms with E-state index in [1.165, 1.54) is 0 Å². The van der Waals surface area contributed by atoms with Gasteiger partial charge in [-0.3, -0.25) is 9.52 Å². The number of hydrogen-bond acceptors (Lipinski definition) is 4. The van der Waals surface area contributed by atoms with Crippen LogP contribution in [0.5, 0.6) is 0 Å². The number of carbonyl (C=O) groups excluding carboxylic acids is 1. The predicted molar refractivity (Wildman–Crippen MR) is 98.0 cm³/mol. The molecule has 0 spiro atoms. The first-order chi connectivity index (χ1) is 11.8. The quantitative estimate of drug-likeness (QED) is 0.733. The molecule has 8 heteroatoms. The Morgan fingerprint density at radius 3 is 2.60 bits per heavy atom. The summed E-state index contributed by atoms with van der Waals surface area (Å²) in [6.45, 7) is 1.78. The fourth-order valence-corrected chi connectivity index (χ4v) is 3.09. The molecule has 3 rings (SSSR count). The van der Waals surface area contributed by atoms with E-state index in [9.17, 15) is 13.2 Å². The van der Waals surface area contributed by atoms with E-state index in [0.717, 1.165) is 17.3 Å². The summed E-state index contributed by atoms with van der Waals surface area (Å²) in [7, 11) is -3.37. The summed E-state index contributed by atoms with van der Waals surface area (Å²) < 4.78 is 26.8. The maximum Gasteiger partial charge on any atom is 0.247 e. The van der Waals surface area contributed by atoms with Crippen LogP contribution in [0.15, 0.2) is 54.9 Å². The van der Waals surface area contributed by atoms with E-state index in [-0.39, 0.29) is 5.91 Å². The standard InChI is InChI=1S/C17H18N4O3S/c1-12(21-11-18-15-8-3-4-9-16(15)21)17(22)19-13-6-5-7-14(10-13)20-25(2,23)24/h3-12,20H,1-2H3,(H,19,22). The van der Waals surface area contributed by atoms with E-state index in [4.69, 9.17) is 0 Å². The number of benzene rings is 2. The number of amides is 1. The van der Waals surface area contributed by atoms with Crippen molar-refractivity contribution in [3.05, 3.63) is 54.9 Å². The predicted octanol–water partition coefficient (Wildman–Crippen LogP) is 2.61. The van der Waals surface area contributed by atoms with Gasteiger partial charge in [0.05, 0.1) is 29.3 Å². The maximum absolute atomic E-state index is 12.6. The summed E-state index contributed by atoms with van der Waals surface area (Å²) in [5.41, 5.74) is 2.59. The minimum Gasteiger partial charge on any atom is -0.324 e. The van der Waals surface area contributed by atoms with Crippen LogP contribution in [0.2, 0.25) is 0 Å². The van der Waals surface area contributed by atoms with Crippen molar-refractivity contribution in [2.45, 2.75) is 13.0 Å². The molecule has 130 valence electrons. The number of nitrogens with one attached hydrogen (secondary N) is 2. The molecule has 1 amide bonds. The van der Waals surface area contributed by atoms with E-state index >= 15 is 0 Å². The van der Waals surface area contributed by atoms with Crippen molar-refractivity contribution in [2.75, 3.05) is 16.3 Å². The molecule has 0 radical (unpaired) electrons. The first-order valence-corrected chi connectivity index (χ1v) is 9.53. The van der Waals surface area contributed by atoms with E-state index in [1.54, 1.807) is 42.1 Å². The van der Waals surface area contributed by atoms with Gasteiger partial charge in [-0.25, -0.2) is 13.4 Å². The Bertz CT molecular complexity index is 1030. The van der Waals surface area contributed by atoms with Crippen LogP contribution in [0.25, 0.3) is 11.0 Å². The maximum atomic E-state index is 12.6. The molecule has 0 saturated heterocycles. The van der Waals surface area contributed by atoms with Gasteiger partial charge in [0.1, 0.15) is 6.04 Å². The lowest BCUT2D eigenvalue weighted by atomic mass is 10.2. The van der Waals surface area contributed by atoms with Crippen LogP contribution >= 0.6 is 0 Å². The van der Waals surface area contributed by atoms with Crippen LogP contribution in [0.1, 0.15) is 13.0 Å². The molecule has 2 aromatic carbocycles. The number of sulfonamides is 1. The second-order valence-electron chi connectivity index (χ2n) is 5.76. The van der Waals surface area contributed by atoms with Gasteiger partial charge in [0.25, 0.3) is 0 Å². The Morgan fingerprint density at radius 1 is 1.12 bits per heavy atom. The number of rotatable bonds is 5. The number of nitrogens with zero attached hydrogens (tertiary/aromatic N) is 2. The molecule has 0 fully saturated rings. The van der Waals surface area contributed by atoms with Crippen LogP contribution in [-0.2, 0) is 14.8 Å². The second-order valence-corrected chi connectivity index (χ2v) is 7.51. The lowest BCUT2D eigenvalue weighted by molar-refractivity contribution is -0.118. The van der Waals surface area contributed by atoms with Gasteiger partial charge in [-0.05, 0) is 37.3 Å². The summed E-state index contributed by atoms with van der Waals surface area (Å²) in [5.74, 6) is -0.223. The average molecular weight is 358 g/mol. The Balaban J connectivity index is 1.79. The number of anilines is 2. The number of carbonyl (C=O) groups is 1. The number of imidazole rings is 1. The molecule has 1 atom stereocenters. The third-order valence-electron chi connectivity index (χ3n) is 3.71. The molecular formula is C17H18N4O3S. The molecule has 0 aliphatic heterocycles. The van der Waals surface area contributed by atoms with Crippen molar-refractivity contribution in [3.8, 4) is 0 Å². The fourth-order valence-electron chi connectivity index (χ4n) is 2.53. The van der Waals surface area contributed by atoms with Crippen LogP contribution in [-0.4, -0.2) is 30.1 Å². The molecule has 0 bridgehead atoms. The van der Waals surface area contributed by atoms with Gasteiger partial charge in [-0.1, -0.05) is 18.2 Å². The fraction of sp³-hybridized carbons (Fsp3) is 0.176. The highest BCUT2D eigenvalue weighted by Crippen LogP contribution is 2.20. The van der Waals surface area contributed by atoms with Crippen LogP contribution < -0.4 is 10.0 Å². The first kappa shape index (κ1) is 17.0. The third-order valence-corrected chi connectivity index (χ3v) is 4.32. The zero-order valence-electron chi connectivity index (χ0n) is 13.8. The minimum atomic E-state index is -3.37. The van der Waals surface area contributed by atoms with Gasteiger partial charge in [0.2, 0.25) is 15.9 Å². The van der Waals surface area contributed by atoms with Crippen molar-refractivity contribution in [2.24, 2.45) is 0 Å². The van der Waals surface area contributed by atoms with Crippen molar-refractivity contribution in [1.82, 2.24) is 9.55 Å². The minimum absolute atomic E-state index is 0.223. The van der Waals surface area contributed by atoms with Crippen molar-refractivity contribution < 1.29 is 13.2 Å². The Morgan fingerprint density at radius 2 is 1.84 bits per heavy atom. The van der Waals surface area contributed by atoms with Crippen molar-refractivity contribution in [1.29, 1.82) is 0 Å². The number of hydrogen-bond donors (Lipinski definition) is 2. The van der Waals surface area contributed by atoms with Crippen LogP contribution in [0, 0.1) is 0 Å². The zero-order chi connectivity index (χ0) is 18.0. The van der Waals surface area contributed by atoms with Crippen LogP contribution in [0.3, 0.4) is 0 Å². The van der Waals surface area contributed by atoms with Gasteiger partial charge in [0.15, 0.2) is 0 Å². The molecule has 0 aliphatic carbocycles. The number of para-hydroxylation sites is 2. The molecule has 7 nitrogen and oxygen atoms in total. The molecular weight excluding hydrogens is 340 g/mol. The smallest absolute Gasteiger partial charge is 0.247 e. The van der Waals surface area contributed by atoms with E-state index in [0.29, 0.717) is 11.4 Å². The molecule has 0 aliphatic rings. The zero-order valence-corrected chi connectivity index (χ0v) is 14.6. The lowest BCUT2D eigenvalue weighted by Gasteiger charge is -2.15. The molecule has 3 aromatic rings. The SMILES string of the molecule is CC(C(=O)Nc1cccc(NS(C)(=O)=O)c1)n1cnc2ccccc21. The average Bonchev–Trinajstić information content (AvgIpc) is 2.96. The number of fused-ring (bicyclic) bond motifs is 1. The van der Waals surface area contributed by atoms with Crippen molar-refractivity contribution in [3.63, 3.8) is 0 Å². The highest BCUT2D eigenvalue weighted by atomic mass is 32.2. The molecule has 25 heavy (non-hydrogen) atoms. The normalized spacial score (nSPS) is 12.7. The molecule has 1 unspecified atom stereocenters. The van der Waals surface area contributed by atoms with E-state index < -0.39 is 16.1 Å². The molecule has 1 heterocycles. The lowest BCUT2D eigenvalue weighted by Crippen LogP contribution is -2.23. The highest BCUT2D eigenvalue weighted by molar-refractivity contribution is 7.92. The van der Waals surface area contributed by atoms with E-state index in [2.05, 4.69) is 15.0 Å². The van der Waals surface area contributed by atoms with E-state index in [1.807, 2.05) is 24.3 Å². The topological polar surface area (TPSA) is 93.1 Å². The summed E-state index contributed by atoms with van der Waals surface area (Å²) in [6, 6.07) is 13.7. The van der Waals surface area contributed by atoms with Gasteiger partial charge in [-0.15, -0.1) is 0 Å². The Kier molecular flexibility index (Phi) is 4.45. The van der Waals surface area contributed by atoms with Gasteiger partial charge < -0.3 is 9.88 Å². The third kappa shape index (κ3) is 3.97. The molecule has 2 N–H and O–H groups in total. The second kappa shape index (κ2) is 6.56.